The van der Waals surface area contributed by atoms with Crippen molar-refractivity contribution in [1.82, 2.24) is 30.0 Å². The number of hydrogen-bond acceptors (Lipinski definition) is 6. The van der Waals surface area contributed by atoms with E-state index in [1.165, 1.54) is 11.1 Å². The van der Waals surface area contributed by atoms with E-state index in [1.807, 2.05) is 7.05 Å². The van der Waals surface area contributed by atoms with Gasteiger partial charge in [0.15, 0.2) is 11.6 Å². The van der Waals surface area contributed by atoms with Crippen LogP contribution in [0, 0.1) is 6.92 Å². The first-order valence-corrected chi connectivity index (χ1v) is 10.7. The number of aryl methyl sites for hydroxylation is 2. The van der Waals surface area contributed by atoms with Gasteiger partial charge in [-0.15, -0.1) is 0 Å². The van der Waals surface area contributed by atoms with Gasteiger partial charge in [0.1, 0.15) is 18.2 Å². The molecule has 4 rings (SSSR count). The largest absolute Gasteiger partial charge is 0.370 e. The highest BCUT2D eigenvalue weighted by atomic mass is 16.5. The van der Waals surface area contributed by atoms with E-state index in [9.17, 15) is 0 Å². The summed E-state index contributed by atoms with van der Waals surface area (Å²) in [5.74, 6) is 1.70. The molecule has 0 bridgehead atoms. The predicted octanol–water partition coefficient (Wildman–Crippen LogP) is 2.12. The number of rotatable bonds is 6. The topological polar surface area (TPSA) is 92.5 Å². The third kappa shape index (κ3) is 4.77. The lowest BCUT2D eigenvalue weighted by atomic mass is 10.0. The number of benzene rings is 1. The van der Waals surface area contributed by atoms with Gasteiger partial charge in [-0.3, -0.25) is 9.67 Å². The standard InChI is InChI=1S/C22H30N8O/c1-4-23-22(30-11-12-31-19(14-30)17-8-6-5-7-16(17)2)25-10-9-24-20-18-13-28-29(3)21(18)27-15-26-20/h5-8,13,15,19H,4,9-12,14H2,1-3H3,(H,23,25)(H,24,26,27). The first kappa shape index (κ1) is 21.0. The van der Waals surface area contributed by atoms with Crippen LogP contribution in [0.15, 0.2) is 41.8 Å². The van der Waals surface area contributed by atoms with Crippen LogP contribution in [0.2, 0.25) is 0 Å². The molecule has 9 nitrogen and oxygen atoms in total. The maximum Gasteiger partial charge on any atom is 0.194 e. The molecule has 1 aliphatic rings. The van der Waals surface area contributed by atoms with Gasteiger partial charge in [-0.2, -0.15) is 5.10 Å². The maximum atomic E-state index is 6.07. The summed E-state index contributed by atoms with van der Waals surface area (Å²) in [5, 5.41) is 12.0. The van der Waals surface area contributed by atoms with Gasteiger partial charge in [-0.1, -0.05) is 24.3 Å². The number of aromatic nitrogens is 4. The fourth-order valence-corrected chi connectivity index (χ4v) is 3.84. The van der Waals surface area contributed by atoms with Crippen LogP contribution >= 0.6 is 0 Å². The summed E-state index contributed by atoms with van der Waals surface area (Å²) >= 11 is 0. The highest BCUT2D eigenvalue weighted by Crippen LogP contribution is 2.25. The van der Waals surface area contributed by atoms with Crippen molar-refractivity contribution in [3.63, 3.8) is 0 Å². The summed E-state index contributed by atoms with van der Waals surface area (Å²) in [7, 11) is 1.87. The summed E-state index contributed by atoms with van der Waals surface area (Å²) in [4.78, 5) is 15.7. The number of ether oxygens (including phenoxy) is 1. The lowest BCUT2D eigenvalue weighted by Gasteiger charge is -2.35. The molecule has 0 radical (unpaired) electrons. The molecular weight excluding hydrogens is 392 g/mol. The van der Waals surface area contributed by atoms with Crippen molar-refractivity contribution < 1.29 is 4.74 Å². The number of hydrogen-bond donors (Lipinski definition) is 2. The van der Waals surface area contributed by atoms with Crippen LogP contribution in [0.4, 0.5) is 5.82 Å². The van der Waals surface area contributed by atoms with Crippen molar-refractivity contribution in [2.75, 3.05) is 44.6 Å². The van der Waals surface area contributed by atoms with Crippen LogP contribution in [0.25, 0.3) is 11.0 Å². The smallest absolute Gasteiger partial charge is 0.194 e. The molecule has 164 valence electrons. The zero-order valence-corrected chi connectivity index (χ0v) is 18.4. The van der Waals surface area contributed by atoms with Gasteiger partial charge < -0.3 is 20.3 Å². The lowest BCUT2D eigenvalue weighted by Crippen LogP contribution is -2.48. The second kappa shape index (κ2) is 9.74. The molecule has 1 saturated heterocycles. The molecule has 0 spiro atoms. The van der Waals surface area contributed by atoms with Gasteiger partial charge >= 0.3 is 0 Å². The van der Waals surface area contributed by atoms with E-state index >= 15 is 0 Å². The molecule has 31 heavy (non-hydrogen) atoms. The van der Waals surface area contributed by atoms with Crippen LogP contribution in [0.5, 0.6) is 0 Å². The van der Waals surface area contributed by atoms with E-state index in [0.717, 1.165) is 42.4 Å². The molecule has 1 fully saturated rings. The highest BCUT2D eigenvalue weighted by Gasteiger charge is 2.25. The van der Waals surface area contributed by atoms with Crippen molar-refractivity contribution in [3.05, 3.63) is 47.9 Å². The summed E-state index contributed by atoms with van der Waals surface area (Å²) in [6.07, 6.45) is 3.39. The van der Waals surface area contributed by atoms with Gasteiger partial charge in [-0.25, -0.2) is 9.97 Å². The van der Waals surface area contributed by atoms with Crippen molar-refractivity contribution in [2.24, 2.45) is 12.0 Å². The first-order valence-electron chi connectivity index (χ1n) is 10.7. The fraction of sp³-hybridized carbons (Fsp3) is 0.455. The Bertz CT molecular complexity index is 1050. The third-order valence-electron chi connectivity index (χ3n) is 5.43. The van der Waals surface area contributed by atoms with Crippen LogP contribution in [0.3, 0.4) is 0 Å². The summed E-state index contributed by atoms with van der Waals surface area (Å²) in [6.45, 7) is 8.63. The average Bonchev–Trinajstić information content (AvgIpc) is 3.18. The zero-order valence-electron chi connectivity index (χ0n) is 18.4. The molecule has 9 heteroatoms. The minimum atomic E-state index is 0.0526. The Morgan fingerprint density at radius 3 is 3.00 bits per heavy atom. The number of fused-ring (bicyclic) bond motifs is 1. The Balaban J connectivity index is 1.40. The van der Waals surface area contributed by atoms with E-state index < -0.39 is 0 Å². The number of guanidine groups is 1. The van der Waals surface area contributed by atoms with Crippen LogP contribution in [0.1, 0.15) is 24.2 Å². The predicted molar refractivity (Wildman–Crippen MR) is 122 cm³/mol. The molecule has 0 aliphatic carbocycles. The summed E-state index contributed by atoms with van der Waals surface area (Å²) in [6, 6.07) is 8.42. The van der Waals surface area contributed by atoms with E-state index in [1.54, 1.807) is 17.2 Å². The van der Waals surface area contributed by atoms with Crippen molar-refractivity contribution in [3.8, 4) is 0 Å². The van der Waals surface area contributed by atoms with Crippen molar-refractivity contribution in [1.29, 1.82) is 0 Å². The molecular formula is C22H30N8O. The van der Waals surface area contributed by atoms with Gasteiger partial charge in [-0.05, 0) is 25.0 Å². The molecule has 1 aliphatic heterocycles. The molecule has 1 aromatic carbocycles. The second-order valence-corrected chi connectivity index (χ2v) is 7.55. The first-order chi connectivity index (χ1) is 15.2. The van der Waals surface area contributed by atoms with E-state index in [-0.39, 0.29) is 6.10 Å². The monoisotopic (exact) mass is 422 g/mol. The Kier molecular flexibility index (Phi) is 6.61. The molecule has 2 aromatic heterocycles. The minimum Gasteiger partial charge on any atom is -0.370 e. The number of nitrogens with one attached hydrogen (secondary N) is 2. The van der Waals surface area contributed by atoms with Gasteiger partial charge in [0, 0.05) is 26.7 Å². The zero-order chi connectivity index (χ0) is 21.6. The number of nitrogens with zero attached hydrogens (tertiary/aromatic N) is 6. The highest BCUT2D eigenvalue weighted by molar-refractivity contribution is 5.86. The average molecular weight is 423 g/mol. The number of aliphatic imine (C=N–C) groups is 1. The van der Waals surface area contributed by atoms with Crippen molar-refractivity contribution >= 4 is 22.8 Å². The molecule has 3 heterocycles. The van der Waals surface area contributed by atoms with Gasteiger partial charge in [0.05, 0.1) is 31.3 Å². The molecule has 1 atom stereocenters. The SMILES string of the molecule is CCNC(=NCCNc1ncnc2c1cnn2C)N1CCOC(c2ccccc2C)C1. The van der Waals surface area contributed by atoms with E-state index in [2.05, 4.69) is 68.7 Å². The summed E-state index contributed by atoms with van der Waals surface area (Å²) in [5.41, 5.74) is 3.31. The van der Waals surface area contributed by atoms with E-state index in [4.69, 9.17) is 9.73 Å². The molecule has 3 aromatic rings. The van der Waals surface area contributed by atoms with Crippen LogP contribution in [-0.2, 0) is 11.8 Å². The molecule has 0 saturated carbocycles. The quantitative estimate of drug-likeness (QED) is 0.357. The summed E-state index contributed by atoms with van der Waals surface area (Å²) < 4.78 is 7.81. The minimum absolute atomic E-state index is 0.0526. The Labute approximate surface area is 182 Å². The lowest BCUT2D eigenvalue weighted by molar-refractivity contribution is -0.00831. The van der Waals surface area contributed by atoms with Gasteiger partial charge in [0.2, 0.25) is 0 Å². The fourth-order valence-electron chi connectivity index (χ4n) is 3.84. The number of anilines is 1. The molecule has 1 unspecified atom stereocenters. The van der Waals surface area contributed by atoms with Crippen molar-refractivity contribution in [2.45, 2.75) is 20.0 Å². The van der Waals surface area contributed by atoms with E-state index in [0.29, 0.717) is 19.7 Å². The van der Waals surface area contributed by atoms with Gasteiger partial charge in [0.25, 0.3) is 0 Å². The second-order valence-electron chi connectivity index (χ2n) is 7.55. The maximum absolute atomic E-state index is 6.07. The third-order valence-corrected chi connectivity index (χ3v) is 5.43. The molecule has 0 amide bonds. The Morgan fingerprint density at radius 1 is 1.29 bits per heavy atom. The normalized spacial score (nSPS) is 17.2. The Hall–Kier alpha value is -3.20. The van der Waals surface area contributed by atoms with Crippen LogP contribution < -0.4 is 10.6 Å². The molecule has 2 N–H and O–H groups in total. The van der Waals surface area contributed by atoms with Crippen LogP contribution in [-0.4, -0.2) is 69.9 Å². The number of morpholine rings is 1. The Morgan fingerprint density at radius 2 is 2.16 bits per heavy atom.